The van der Waals surface area contributed by atoms with Gasteiger partial charge in [0.15, 0.2) is 11.6 Å². The SMILES string of the molecule is C[C@H](N)c1cccc(OCc2cccc(F)c2F)c1. The van der Waals surface area contributed by atoms with E-state index in [2.05, 4.69) is 0 Å². The van der Waals surface area contributed by atoms with Crippen LogP contribution in [0, 0.1) is 11.6 Å². The summed E-state index contributed by atoms with van der Waals surface area (Å²) in [5.74, 6) is -1.16. The molecule has 0 saturated carbocycles. The Hall–Kier alpha value is -1.94. The molecule has 2 nitrogen and oxygen atoms in total. The summed E-state index contributed by atoms with van der Waals surface area (Å²) < 4.78 is 31.9. The molecule has 0 aliphatic heterocycles. The third-order valence-corrected chi connectivity index (χ3v) is 2.81. The van der Waals surface area contributed by atoms with Gasteiger partial charge in [-0.1, -0.05) is 24.3 Å². The molecule has 0 aliphatic carbocycles. The van der Waals surface area contributed by atoms with E-state index < -0.39 is 11.6 Å². The van der Waals surface area contributed by atoms with Crippen LogP contribution in [0.25, 0.3) is 0 Å². The average Bonchev–Trinajstić information content (AvgIpc) is 2.41. The quantitative estimate of drug-likeness (QED) is 0.915. The van der Waals surface area contributed by atoms with E-state index in [0.29, 0.717) is 5.75 Å². The first-order valence-electron chi connectivity index (χ1n) is 5.99. The molecule has 0 aromatic heterocycles. The predicted molar refractivity (Wildman–Crippen MR) is 69.7 cm³/mol. The van der Waals surface area contributed by atoms with Gasteiger partial charge in [0, 0.05) is 11.6 Å². The van der Waals surface area contributed by atoms with E-state index in [-0.39, 0.29) is 18.2 Å². The lowest BCUT2D eigenvalue weighted by Gasteiger charge is -2.10. The van der Waals surface area contributed by atoms with Crippen LogP contribution < -0.4 is 10.5 Å². The molecular formula is C15H15F2NO. The van der Waals surface area contributed by atoms with Crippen molar-refractivity contribution < 1.29 is 13.5 Å². The van der Waals surface area contributed by atoms with Gasteiger partial charge in [0.2, 0.25) is 0 Å². The lowest BCUT2D eigenvalue weighted by Crippen LogP contribution is -2.05. The van der Waals surface area contributed by atoms with Crippen molar-refractivity contribution in [3.05, 3.63) is 65.2 Å². The van der Waals surface area contributed by atoms with Gasteiger partial charge in [-0.15, -0.1) is 0 Å². The van der Waals surface area contributed by atoms with Crippen molar-refractivity contribution in [3.63, 3.8) is 0 Å². The third-order valence-electron chi connectivity index (χ3n) is 2.81. The zero-order valence-electron chi connectivity index (χ0n) is 10.6. The third kappa shape index (κ3) is 3.29. The molecule has 2 N–H and O–H groups in total. The molecule has 1 atom stereocenters. The molecule has 0 saturated heterocycles. The molecule has 2 aromatic rings. The van der Waals surface area contributed by atoms with E-state index >= 15 is 0 Å². The van der Waals surface area contributed by atoms with E-state index in [0.717, 1.165) is 11.6 Å². The first-order valence-corrected chi connectivity index (χ1v) is 5.99. The Morgan fingerprint density at radius 2 is 1.89 bits per heavy atom. The smallest absolute Gasteiger partial charge is 0.165 e. The maximum atomic E-state index is 13.4. The molecule has 100 valence electrons. The largest absolute Gasteiger partial charge is 0.489 e. The van der Waals surface area contributed by atoms with Crippen molar-refractivity contribution in [2.45, 2.75) is 19.6 Å². The lowest BCUT2D eigenvalue weighted by atomic mass is 10.1. The zero-order chi connectivity index (χ0) is 13.8. The summed E-state index contributed by atoms with van der Waals surface area (Å²) in [5.41, 5.74) is 6.88. The van der Waals surface area contributed by atoms with Gasteiger partial charge >= 0.3 is 0 Å². The van der Waals surface area contributed by atoms with Gasteiger partial charge in [0.25, 0.3) is 0 Å². The van der Waals surface area contributed by atoms with Crippen LogP contribution in [0.3, 0.4) is 0 Å². The first kappa shape index (κ1) is 13.5. The molecular weight excluding hydrogens is 248 g/mol. The number of rotatable bonds is 4. The summed E-state index contributed by atoms with van der Waals surface area (Å²) in [6.45, 7) is 1.84. The lowest BCUT2D eigenvalue weighted by molar-refractivity contribution is 0.297. The molecule has 0 unspecified atom stereocenters. The second kappa shape index (κ2) is 5.80. The molecule has 0 bridgehead atoms. The minimum Gasteiger partial charge on any atom is -0.489 e. The van der Waals surface area contributed by atoms with Gasteiger partial charge in [-0.05, 0) is 30.7 Å². The van der Waals surface area contributed by atoms with Crippen LogP contribution in [0.2, 0.25) is 0 Å². The Kier molecular flexibility index (Phi) is 4.12. The second-order valence-electron chi connectivity index (χ2n) is 4.36. The maximum Gasteiger partial charge on any atom is 0.165 e. The number of hydrogen-bond donors (Lipinski definition) is 1. The van der Waals surface area contributed by atoms with Crippen molar-refractivity contribution >= 4 is 0 Å². The van der Waals surface area contributed by atoms with Crippen molar-refractivity contribution in [1.82, 2.24) is 0 Å². The summed E-state index contributed by atoms with van der Waals surface area (Å²) in [7, 11) is 0. The number of ether oxygens (including phenoxy) is 1. The van der Waals surface area contributed by atoms with Crippen LogP contribution >= 0.6 is 0 Å². The Bertz CT molecular complexity index is 570. The fourth-order valence-electron chi connectivity index (χ4n) is 1.71. The summed E-state index contributed by atoms with van der Waals surface area (Å²) in [6.07, 6.45) is 0. The van der Waals surface area contributed by atoms with E-state index in [1.807, 2.05) is 19.1 Å². The van der Waals surface area contributed by atoms with Gasteiger partial charge in [-0.3, -0.25) is 0 Å². The molecule has 0 amide bonds. The highest BCUT2D eigenvalue weighted by Crippen LogP contribution is 2.20. The zero-order valence-corrected chi connectivity index (χ0v) is 10.6. The summed E-state index contributed by atoms with van der Waals surface area (Å²) in [6, 6.07) is 11.2. The monoisotopic (exact) mass is 263 g/mol. The van der Waals surface area contributed by atoms with Crippen molar-refractivity contribution in [2.24, 2.45) is 5.73 Å². The Morgan fingerprint density at radius 3 is 2.63 bits per heavy atom. The first-order chi connectivity index (χ1) is 9.08. The van der Waals surface area contributed by atoms with Gasteiger partial charge < -0.3 is 10.5 Å². The van der Waals surface area contributed by atoms with Gasteiger partial charge in [0.05, 0.1) is 0 Å². The Balaban J connectivity index is 2.10. The van der Waals surface area contributed by atoms with Gasteiger partial charge in [-0.25, -0.2) is 8.78 Å². The minimum absolute atomic E-state index is 0.0218. The van der Waals surface area contributed by atoms with Crippen LogP contribution in [0.4, 0.5) is 8.78 Å². The summed E-state index contributed by atoms with van der Waals surface area (Å²) in [4.78, 5) is 0. The average molecular weight is 263 g/mol. The van der Waals surface area contributed by atoms with Gasteiger partial charge in [0.1, 0.15) is 12.4 Å². The topological polar surface area (TPSA) is 35.2 Å². The molecule has 2 rings (SSSR count). The highest BCUT2D eigenvalue weighted by atomic mass is 19.2. The molecule has 0 heterocycles. The number of halogens is 2. The summed E-state index contributed by atoms with van der Waals surface area (Å²) >= 11 is 0. The van der Waals surface area contributed by atoms with E-state index in [4.69, 9.17) is 10.5 Å². The van der Waals surface area contributed by atoms with Crippen LogP contribution in [-0.2, 0) is 6.61 Å². The van der Waals surface area contributed by atoms with Gasteiger partial charge in [-0.2, -0.15) is 0 Å². The fourth-order valence-corrected chi connectivity index (χ4v) is 1.71. The standard InChI is InChI=1S/C15H15F2NO/c1-10(18)11-4-2-6-13(8-11)19-9-12-5-3-7-14(16)15(12)17/h2-8,10H,9,18H2,1H3/t10-/m0/s1. The van der Waals surface area contributed by atoms with E-state index in [9.17, 15) is 8.78 Å². The molecule has 0 aliphatic rings. The Morgan fingerprint density at radius 1 is 1.16 bits per heavy atom. The molecule has 0 fully saturated rings. The highest BCUT2D eigenvalue weighted by molar-refractivity contribution is 5.30. The highest BCUT2D eigenvalue weighted by Gasteiger charge is 2.08. The molecule has 0 spiro atoms. The molecule has 0 radical (unpaired) electrons. The van der Waals surface area contributed by atoms with Crippen LogP contribution in [-0.4, -0.2) is 0 Å². The predicted octanol–water partition coefficient (Wildman–Crippen LogP) is 3.56. The molecule has 4 heteroatoms. The summed E-state index contributed by atoms with van der Waals surface area (Å²) in [5, 5.41) is 0. The number of nitrogens with two attached hydrogens (primary N) is 1. The second-order valence-corrected chi connectivity index (χ2v) is 4.36. The maximum absolute atomic E-state index is 13.4. The van der Waals surface area contributed by atoms with Crippen molar-refractivity contribution in [3.8, 4) is 5.75 Å². The fraction of sp³-hybridized carbons (Fsp3) is 0.200. The molecule has 19 heavy (non-hydrogen) atoms. The van der Waals surface area contributed by atoms with Crippen LogP contribution in [0.1, 0.15) is 24.1 Å². The van der Waals surface area contributed by atoms with Crippen LogP contribution in [0.5, 0.6) is 5.75 Å². The van der Waals surface area contributed by atoms with Crippen molar-refractivity contribution in [1.29, 1.82) is 0 Å². The Labute approximate surface area is 110 Å². The molecule has 2 aromatic carbocycles. The minimum atomic E-state index is -0.870. The van der Waals surface area contributed by atoms with E-state index in [1.165, 1.54) is 12.1 Å². The van der Waals surface area contributed by atoms with E-state index in [1.54, 1.807) is 12.1 Å². The van der Waals surface area contributed by atoms with Crippen LogP contribution in [0.15, 0.2) is 42.5 Å². The number of benzene rings is 2. The normalized spacial score (nSPS) is 12.2. The van der Waals surface area contributed by atoms with Crippen molar-refractivity contribution in [2.75, 3.05) is 0 Å². The number of hydrogen-bond acceptors (Lipinski definition) is 2.